The van der Waals surface area contributed by atoms with Gasteiger partial charge in [0.2, 0.25) is 5.88 Å². The highest BCUT2D eigenvalue weighted by molar-refractivity contribution is 5.91. The van der Waals surface area contributed by atoms with E-state index in [1.165, 1.54) is 6.33 Å². The molecule has 0 aliphatic heterocycles. The minimum atomic E-state index is 0.119. The van der Waals surface area contributed by atoms with Gasteiger partial charge in [-0.25, -0.2) is 9.97 Å². The second-order valence-corrected chi connectivity index (χ2v) is 4.87. The fraction of sp³-hybridized carbons (Fsp3) is 0.118. The molecule has 0 spiro atoms. The summed E-state index contributed by atoms with van der Waals surface area (Å²) in [5.41, 5.74) is 1.59. The number of carbonyl (C=O) groups excluding carboxylic acids is 1. The zero-order valence-corrected chi connectivity index (χ0v) is 12.1. The van der Waals surface area contributed by atoms with Crippen molar-refractivity contribution in [2.24, 2.45) is 0 Å². The van der Waals surface area contributed by atoms with Crippen LogP contribution in [0.5, 0.6) is 11.6 Å². The average Bonchev–Trinajstić information content (AvgIpc) is 2.92. The van der Waals surface area contributed by atoms with Crippen LogP contribution in [0.3, 0.4) is 0 Å². The first-order valence-electron chi connectivity index (χ1n) is 6.95. The third-order valence-electron chi connectivity index (χ3n) is 3.13. The van der Waals surface area contributed by atoms with Gasteiger partial charge in [0, 0.05) is 18.2 Å². The predicted octanol–water partition coefficient (Wildman–Crippen LogP) is 3.74. The molecule has 0 aliphatic rings. The Balaban J connectivity index is 1.98. The van der Waals surface area contributed by atoms with Crippen molar-refractivity contribution in [2.75, 3.05) is 0 Å². The quantitative estimate of drug-likeness (QED) is 0.778. The zero-order chi connectivity index (χ0) is 15.4. The minimum Gasteiger partial charge on any atom is -0.438 e. The molecule has 0 saturated heterocycles. The molecule has 5 heteroatoms. The maximum absolute atomic E-state index is 11.0. The van der Waals surface area contributed by atoms with Gasteiger partial charge in [0.25, 0.3) is 0 Å². The first kappa shape index (κ1) is 14.0. The summed E-state index contributed by atoms with van der Waals surface area (Å²) in [6, 6.07) is 9.46. The smallest absolute Gasteiger partial charge is 0.232 e. The number of benzene rings is 1. The Morgan fingerprint density at radius 2 is 2.09 bits per heavy atom. The summed E-state index contributed by atoms with van der Waals surface area (Å²) < 4.78 is 5.85. The Labute approximate surface area is 127 Å². The molecule has 0 saturated carbocycles. The number of para-hydroxylation sites is 1. The molecule has 0 fully saturated rings. The van der Waals surface area contributed by atoms with Crippen molar-refractivity contribution in [1.29, 1.82) is 0 Å². The van der Waals surface area contributed by atoms with E-state index >= 15 is 0 Å². The lowest BCUT2D eigenvalue weighted by molar-refractivity contribution is -0.116. The van der Waals surface area contributed by atoms with Crippen molar-refractivity contribution in [3.05, 3.63) is 54.5 Å². The summed E-state index contributed by atoms with van der Waals surface area (Å²) in [5.74, 6) is 1.32. The zero-order valence-electron chi connectivity index (χ0n) is 12.1. The van der Waals surface area contributed by atoms with Gasteiger partial charge in [-0.15, -0.1) is 0 Å². The number of ether oxygens (including phenoxy) is 1. The molecule has 1 N–H and O–H groups in total. The Bertz CT molecular complexity index is 822. The van der Waals surface area contributed by atoms with Crippen LogP contribution in [0.25, 0.3) is 17.1 Å². The highest BCUT2D eigenvalue weighted by Gasteiger charge is 2.11. The van der Waals surface area contributed by atoms with Crippen molar-refractivity contribution in [3.63, 3.8) is 0 Å². The summed E-state index contributed by atoms with van der Waals surface area (Å²) in [6.45, 7) is 1.56. The van der Waals surface area contributed by atoms with Gasteiger partial charge in [-0.2, -0.15) is 0 Å². The molecule has 0 bridgehead atoms. The molecular weight excluding hydrogens is 278 g/mol. The number of aromatic amines is 1. The number of fused-ring (bicyclic) bond motifs is 1. The molecule has 0 atom stereocenters. The van der Waals surface area contributed by atoms with Crippen molar-refractivity contribution in [2.45, 2.75) is 13.3 Å². The molecule has 22 heavy (non-hydrogen) atoms. The highest BCUT2D eigenvalue weighted by Crippen LogP contribution is 2.29. The summed E-state index contributed by atoms with van der Waals surface area (Å²) in [7, 11) is 0. The first-order chi connectivity index (χ1) is 10.7. The van der Waals surface area contributed by atoms with E-state index in [2.05, 4.69) is 15.0 Å². The number of ketones is 1. The number of rotatable bonds is 5. The van der Waals surface area contributed by atoms with E-state index in [0.717, 1.165) is 10.9 Å². The third-order valence-corrected chi connectivity index (χ3v) is 3.13. The van der Waals surface area contributed by atoms with Crippen LogP contribution in [-0.2, 0) is 4.79 Å². The standard InChI is InChI=1S/C17H15N3O2/c1-12(21)6-5-7-13-10-18-16-15(13)17(20-11-19-16)22-14-8-3-2-4-9-14/h2-5,7-11H,6H2,1H3,(H,18,19,20)/b7-5+. The van der Waals surface area contributed by atoms with E-state index in [0.29, 0.717) is 23.7 Å². The molecule has 0 aliphatic carbocycles. The molecule has 2 aromatic heterocycles. The van der Waals surface area contributed by atoms with Gasteiger partial charge in [-0.05, 0) is 19.1 Å². The Hall–Kier alpha value is -2.95. The van der Waals surface area contributed by atoms with Crippen LogP contribution < -0.4 is 4.74 Å². The highest BCUT2D eigenvalue weighted by atomic mass is 16.5. The van der Waals surface area contributed by atoms with Crippen LogP contribution in [-0.4, -0.2) is 20.7 Å². The van der Waals surface area contributed by atoms with E-state index in [1.807, 2.05) is 48.7 Å². The molecule has 0 amide bonds. The lowest BCUT2D eigenvalue weighted by atomic mass is 10.2. The van der Waals surface area contributed by atoms with E-state index in [4.69, 9.17) is 4.74 Å². The van der Waals surface area contributed by atoms with Gasteiger partial charge in [-0.1, -0.05) is 30.4 Å². The molecule has 110 valence electrons. The van der Waals surface area contributed by atoms with Crippen molar-refractivity contribution < 1.29 is 9.53 Å². The average molecular weight is 293 g/mol. The van der Waals surface area contributed by atoms with E-state index in [1.54, 1.807) is 6.92 Å². The topological polar surface area (TPSA) is 67.9 Å². The molecular formula is C17H15N3O2. The van der Waals surface area contributed by atoms with Crippen molar-refractivity contribution in [3.8, 4) is 11.6 Å². The predicted molar refractivity (Wildman–Crippen MR) is 84.7 cm³/mol. The van der Waals surface area contributed by atoms with E-state index in [-0.39, 0.29) is 5.78 Å². The van der Waals surface area contributed by atoms with Crippen LogP contribution in [0, 0.1) is 0 Å². The largest absolute Gasteiger partial charge is 0.438 e. The van der Waals surface area contributed by atoms with Crippen molar-refractivity contribution >= 4 is 22.9 Å². The van der Waals surface area contributed by atoms with Gasteiger partial charge in [0.15, 0.2) is 0 Å². The molecule has 1 aromatic carbocycles. The molecule has 0 radical (unpaired) electrons. The van der Waals surface area contributed by atoms with Gasteiger partial charge in [0.05, 0.1) is 5.39 Å². The van der Waals surface area contributed by atoms with Crippen LogP contribution in [0.15, 0.2) is 48.9 Å². The maximum Gasteiger partial charge on any atom is 0.232 e. The number of allylic oxidation sites excluding steroid dienone is 1. The first-order valence-corrected chi connectivity index (χ1v) is 6.95. The van der Waals surface area contributed by atoms with Crippen LogP contribution >= 0.6 is 0 Å². The van der Waals surface area contributed by atoms with Gasteiger partial charge >= 0.3 is 0 Å². The molecule has 3 aromatic rings. The number of aromatic nitrogens is 3. The van der Waals surface area contributed by atoms with Crippen LogP contribution in [0.2, 0.25) is 0 Å². The number of nitrogens with one attached hydrogen (secondary N) is 1. The normalized spacial score (nSPS) is 11.1. The second kappa shape index (κ2) is 6.22. The summed E-state index contributed by atoms with van der Waals surface area (Å²) in [6.07, 6.45) is 7.38. The second-order valence-electron chi connectivity index (χ2n) is 4.87. The summed E-state index contributed by atoms with van der Waals surface area (Å²) >= 11 is 0. The lowest BCUT2D eigenvalue weighted by Crippen LogP contribution is -1.90. The SMILES string of the molecule is CC(=O)C/C=C/c1c[nH]c2ncnc(Oc3ccccc3)c12. The van der Waals surface area contributed by atoms with Gasteiger partial charge < -0.3 is 9.72 Å². The Morgan fingerprint density at radius 1 is 1.27 bits per heavy atom. The van der Waals surface area contributed by atoms with Crippen LogP contribution in [0.1, 0.15) is 18.9 Å². The number of hydrogen-bond acceptors (Lipinski definition) is 4. The third kappa shape index (κ3) is 3.03. The maximum atomic E-state index is 11.0. The molecule has 3 rings (SSSR count). The molecule has 0 unspecified atom stereocenters. The fourth-order valence-electron chi connectivity index (χ4n) is 2.12. The fourth-order valence-corrected chi connectivity index (χ4v) is 2.12. The monoisotopic (exact) mass is 293 g/mol. The number of carbonyl (C=O) groups is 1. The Morgan fingerprint density at radius 3 is 2.86 bits per heavy atom. The van der Waals surface area contributed by atoms with E-state index < -0.39 is 0 Å². The summed E-state index contributed by atoms with van der Waals surface area (Å²) in [4.78, 5) is 22.5. The van der Waals surface area contributed by atoms with Crippen LogP contribution in [0.4, 0.5) is 0 Å². The van der Waals surface area contributed by atoms with Crippen molar-refractivity contribution in [1.82, 2.24) is 15.0 Å². The number of nitrogens with zero attached hydrogens (tertiary/aromatic N) is 2. The Kier molecular flexibility index (Phi) is 3.96. The summed E-state index contributed by atoms with van der Waals surface area (Å²) in [5, 5.41) is 0.797. The molecule has 5 nitrogen and oxygen atoms in total. The number of hydrogen-bond donors (Lipinski definition) is 1. The minimum absolute atomic E-state index is 0.119. The van der Waals surface area contributed by atoms with Gasteiger partial charge in [-0.3, -0.25) is 4.79 Å². The number of Topliss-reactive ketones (excluding diaryl/α,β-unsaturated/α-hetero) is 1. The van der Waals surface area contributed by atoms with E-state index in [9.17, 15) is 4.79 Å². The lowest BCUT2D eigenvalue weighted by Gasteiger charge is -2.05. The molecule has 2 heterocycles. The van der Waals surface area contributed by atoms with Gasteiger partial charge in [0.1, 0.15) is 23.5 Å². The number of H-pyrrole nitrogens is 1.